The molecule has 37 heavy (non-hydrogen) atoms. The Hall–Kier alpha value is -1.92. The molecule has 0 aromatic carbocycles. The summed E-state index contributed by atoms with van der Waals surface area (Å²) in [4.78, 5) is 40.7. The summed E-state index contributed by atoms with van der Waals surface area (Å²) in [6.07, 6.45) is 0. The number of rotatable bonds is 4. The van der Waals surface area contributed by atoms with Gasteiger partial charge in [0.15, 0.2) is 40.5 Å². The van der Waals surface area contributed by atoms with E-state index in [2.05, 4.69) is 26.3 Å². The Morgan fingerprint density at radius 2 is 0.486 bits per heavy atom. The van der Waals surface area contributed by atoms with Crippen molar-refractivity contribution in [3.8, 4) is 0 Å². The van der Waals surface area contributed by atoms with Crippen LogP contribution in [0.1, 0.15) is 27.7 Å². The van der Waals surface area contributed by atoms with E-state index in [1.807, 2.05) is 0 Å². The summed E-state index contributed by atoms with van der Waals surface area (Å²) in [5.74, 6) is 0. The Labute approximate surface area is 231 Å². The van der Waals surface area contributed by atoms with Crippen LogP contribution in [0.4, 0.5) is 0 Å². The van der Waals surface area contributed by atoms with Gasteiger partial charge < -0.3 is 18.2 Å². The molecule has 0 aliphatic heterocycles. The summed E-state index contributed by atoms with van der Waals surface area (Å²) in [5, 5.41) is -5.77. The SMILES string of the molecule is C=C(C)C(=O)S(=O)(=O)[O-].C=C(C)C(=O)S(=O)(=O)[O-].C=C(C)C(=O)S(=O)(=O)[O-].C=C(C)C(=O)S(=O)(=O)[O-].[Sn+4]. The van der Waals surface area contributed by atoms with Crippen molar-refractivity contribution in [1.82, 2.24) is 0 Å². The minimum absolute atomic E-state index is 0. The molecule has 0 radical (unpaired) electrons. The van der Waals surface area contributed by atoms with E-state index in [-0.39, 0.29) is 46.2 Å². The molecule has 0 aromatic heterocycles. The second-order valence-corrected chi connectivity index (χ2v) is 11.2. The van der Waals surface area contributed by atoms with Crippen molar-refractivity contribution >= 4 is 84.8 Å². The largest absolute Gasteiger partial charge is 4.00 e. The second-order valence-electron chi connectivity index (χ2n) is 6.09. The van der Waals surface area contributed by atoms with E-state index in [1.165, 1.54) is 0 Å². The van der Waals surface area contributed by atoms with E-state index in [9.17, 15) is 71.1 Å². The van der Waals surface area contributed by atoms with Gasteiger partial charge in [0.1, 0.15) is 0 Å². The molecule has 208 valence electrons. The molecule has 0 rings (SSSR count). The maximum absolute atomic E-state index is 10.2. The number of carbonyl (C=O) groups is 4. The third kappa shape index (κ3) is 24.2. The van der Waals surface area contributed by atoms with Crippen LogP contribution in [0.15, 0.2) is 48.6 Å². The van der Waals surface area contributed by atoms with Gasteiger partial charge in [0.25, 0.3) is 20.5 Å². The van der Waals surface area contributed by atoms with Gasteiger partial charge in [0.05, 0.1) is 0 Å². The normalized spacial score (nSPS) is 10.6. The van der Waals surface area contributed by atoms with Gasteiger partial charge in [0, 0.05) is 0 Å². The monoisotopic (exact) mass is 716 g/mol. The molecule has 0 aromatic rings. The summed E-state index contributed by atoms with van der Waals surface area (Å²) in [6, 6.07) is 0. The first kappa shape index (κ1) is 45.0. The van der Waals surface area contributed by atoms with Crippen molar-refractivity contribution < 1.29 is 71.1 Å². The summed E-state index contributed by atoms with van der Waals surface area (Å²) in [7, 11) is -19.2. The zero-order chi connectivity index (χ0) is 30.6. The standard InChI is InChI=1S/4C4H6O4S.Sn/c4*1-3(2)4(5)9(6,7)8;/h4*1H2,2H3,(H,6,7,8);/q;;;;+4/p-4. The van der Waals surface area contributed by atoms with Gasteiger partial charge in [-0.1, -0.05) is 26.3 Å². The van der Waals surface area contributed by atoms with Gasteiger partial charge in [-0.05, 0) is 50.0 Å². The van der Waals surface area contributed by atoms with E-state index in [4.69, 9.17) is 0 Å². The van der Waals surface area contributed by atoms with Crippen LogP contribution in [0.3, 0.4) is 0 Å². The van der Waals surface area contributed by atoms with Gasteiger partial charge >= 0.3 is 23.9 Å². The minimum Gasteiger partial charge on any atom is -0.742 e. The van der Waals surface area contributed by atoms with Gasteiger partial charge in [0.2, 0.25) is 0 Å². The summed E-state index contributed by atoms with van der Waals surface area (Å²) >= 11 is 0. The molecule has 0 spiro atoms. The minimum atomic E-state index is -4.79. The van der Waals surface area contributed by atoms with E-state index < -0.39 is 60.9 Å². The fraction of sp³-hybridized carbons (Fsp3) is 0.250. The summed E-state index contributed by atoms with van der Waals surface area (Å²) < 4.78 is 118. The molecule has 0 heterocycles. The molecule has 0 fully saturated rings. The number of carbonyl (C=O) groups excluding carboxylic acids is 4. The van der Waals surface area contributed by atoms with E-state index in [0.29, 0.717) is 0 Å². The first-order chi connectivity index (χ1) is 15.4. The molecule has 0 atom stereocenters. The molecule has 21 heteroatoms. The molecular weight excluding hydrogens is 695 g/mol. The predicted octanol–water partition coefficient (Wildman–Crippen LogP) is -1.84. The molecule has 0 bridgehead atoms. The zero-order valence-electron chi connectivity index (χ0n) is 19.5. The van der Waals surface area contributed by atoms with Crippen LogP contribution < -0.4 is 0 Å². The third-order valence-electron chi connectivity index (χ3n) is 2.30. The Balaban J connectivity index is -0.000000122. The van der Waals surface area contributed by atoms with Crippen LogP contribution in [0, 0.1) is 0 Å². The van der Waals surface area contributed by atoms with Gasteiger partial charge in [-0.15, -0.1) is 0 Å². The first-order valence-corrected chi connectivity index (χ1v) is 13.7. The smallest absolute Gasteiger partial charge is 0.742 e. The van der Waals surface area contributed by atoms with E-state index in [1.54, 1.807) is 0 Å². The van der Waals surface area contributed by atoms with Crippen molar-refractivity contribution in [2.45, 2.75) is 27.7 Å². The Morgan fingerprint density at radius 1 is 0.405 bits per heavy atom. The molecule has 0 saturated carbocycles. The van der Waals surface area contributed by atoms with Gasteiger partial charge in [-0.25, -0.2) is 33.7 Å². The Bertz CT molecular complexity index is 1160. The van der Waals surface area contributed by atoms with E-state index >= 15 is 0 Å². The fourth-order valence-electron chi connectivity index (χ4n) is 0.854. The van der Waals surface area contributed by atoms with Crippen molar-refractivity contribution in [1.29, 1.82) is 0 Å². The average Bonchev–Trinajstić information content (AvgIpc) is 2.63. The fourth-order valence-corrected chi connectivity index (χ4v) is 2.56. The summed E-state index contributed by atoms with van der Waals surface area (Å²) in [6.45, 7) is 16.6. The Kier molecular flexibility index (Phi) is 21.4. The van der Waals surface area contributed by atoms with Crippen molar-refractivity contribution in [3.05, 3.63) is 48.6 Å². The molecule has 0 N–H and O–H groups in total. The number of hydrogen-bond acceptors (Lipinski definition) is 16. The number of hydrogen-bond donors (Lipinski definition) is 0. The molecule has 0 saturated heterocycles. The van der Waals surface area contributed by atoms with Crippen LogP contribution in [-0.4, -0.2) is 96.3 Å². The first-order valence-electron chi connectivity index (χ1n) is 8.05. The maximum atomic E-state index is 10.2. The Morgan fingerprint density at radius 3 is 0.486 bits per heavy atom. The van der Waals surface area contributed by atoms with E-state index in [0.717, 1.165) is 27.7 Å². The second kappa shape index (κ2) is 17.6. The van der Waals surface area contributed by atoms with Crippen LogP contribution >= 0.6 is 0 Å². The van der Waals surface area contributed by atoms with Crippen LogP contribution in [-0.2, 0) is 59.7 Å². The topological polar surface area (TPSA) is 297 Å². The quantitative estimate of drug-likeness (QED) is 0.175. The average molecular weight is 715 g/mol. The molecule has 0 aliphatic carbocycles. The van der Waals surface area contributed by atoms with Crippen LogP contribution in [0.25, 0.3) is 0 Å². The molecule has 0 aliphatic rings. The zero-order valence-corrected chi connectivity index (χ0v) is 25.6. The molecule has 0 unspecified atom stereocenters. The van der Waals surface area contributed by atoms with Crippen molar-refractivity contribution in [2.75, 3.05) is 0 Å². The summed E-state index contributed by atoms with van der Waals surface area (Å²) in [5.41, 5.74) is -1.04. The van der Waals surface area contributed by atoms with Crippen LogP contribution in [0.2, 0.25) is 0 Å². The predicted molar refractivity (Wildman–Crippen MR) is 124 cm³/mol. The molecule has 0 amide bonds. The van der Waals surface area contributed by atoms with Crippen molar-refractivity contribution in [3.63, 3.8) is 0 Å². The third-order valence-corrected chi connectivity index (χ3v) is 5.51. The van der Waals surface area contributed by atoms with Gasteiger partial charge in [-0.2, -0.15) is 0 Å². The van der Waals surface area contributed by atoms with Gasteiger partial charge in [-0.3, -0.25) is 19.2 Å². The molecule has 16 nitrogen and oxygen atoms in total. The van der Waals surface area contributed by atoms with Crippen molar-refractivity contribution in [2.24, 2.45) is 0 Å². The van der Waals surface area contributed by atoms with Crippen LogP contribution in [0.5, 0.6) is 0 Å². The molecular formula is C16H20O16S4Sn. The maximum Gasteiger partial charge on any atom is 4.00 e.